The van der Waals surface area contributed by atoms with E-state index in [0.717, 1.165) is 19.4 Å². The lowest BCUT2D eigenvalue weighted by molar-refractivity contribution is 0.0471. The Bertz CT molecular complexity index is 230. The second-order valence-corrected chi connectivity index (χ2v) is 4.84. The first-order valence-electron chi connectivity index (χ1n) is 5.98. The summed E-state index contributed by atoms with van der Waals surface area (Å²) in [6.07, 6.45) is 6.74. The van der Waals surface area contributed by atoms with Gasteiger partial charge in [0.25, 0.3) is 0 Å². The minimum absolute atomic E-state index is 0.0887. The Morgan fingerprint density at radius 2 is 2.00 bits per heavy atom. The maximum Gasteiger partial charge on any atom is 0.188 e. The van der Waals surface area contributed by atoms with Gasteiger partial charge in [-0.05, 0) is 31.6 Å². The highest BCUT2D eigenvalue weighted by molar-refractivity contribution is 5.78. The van der Waals surface area contributed by atoms with Crippen molar-refractivity contribution in [1.82, 2.24) is 5.32 Å². The topological polar surface area (TPSA) is 70.6 Å². The molecule has 86 valence electrons. The lowest BCUT2D eigenvalue weighted by atomic mass is 9.83. The van der Waals surface area contributed by atoms with E-state index in [9.17, 15) is 0 Å². The predicted octanol–water partition coefficient (Wildman–Crippen LogP) is 0.604. The molecule has 0 saturated heterocycles. The van der Waals surface area contributed by atoms with E-state index < -0.39 is 0 Å². The van der Waals surface area contributed by atoms with Crippen molar-refractivity contribution in [2.75, 3.05) is 6.54 Å². The highest BCUT2D eigenvalue weighted by atomic mass is 16.3. The molecule has 4 heteroatoms. The summed E-state index contributed by atoms with van der Waals surface area (Å²) >= 11 is 0. The van der Waals surface area contributed by atoms with Crippen LogP contribution < -0.4 is 11.1 Å². The number of guanidine groups is 1. The van der Waals surface area contributed by atoms with Crippen molar-refractivity contribution in [3.05, 3.63) is 0 Å². The molecule has 0 bridgehead atoms. The molecule has 0 aromatic carbocycles. The summed E-state index contributed by atoms with van der Waals surface area (Å²) in [5, 5.41) is 12.4. The molecule has 0 aromatic heterocycles. The van der Waals surface area contributed by atoms with Crippen LogP contribution in [-0.4, -0.2) is 29.8 Å². The highest BCUT2D eigenvalue weighted by Gasteiger charge is 2.26. The maximum atomic E-state index is 9.12. The Balaban J connectivity index is 1.65. The third kappa shape index (κ3) is 3.09. The minimum Gasteiger partial charge on any atom is -0.393 e. The lowest BCUT2D eigenvalue weighted by Crippen LogP contribution is -2.39. The van der Waals surface area contributed by atoms with Crippen LogP contribution in [-0.2, 0) is 0 Å². The quantitative estimate of drug-likeness (QED) is 0.473. The Labute approximate surface area is 91.0 Å². The number of nitrogens with two attached hydrogens (primary N) is 1. The molecule has 2 saturated carbocycles. The summed E-state index contributed by atoms with van der Waals surface area (Å²) in [5.41, 5.74) is 5.79. The largest absolute Gasteiger partial charge is 0.393 e. The molecule has 4 nitrogen and oxygen atoms in total. The standard InChI is InChI=1S/C11H21N3O/c12-11(14-9-3-1-2-4-9)13-7-8-5-10(15)6-8/h8-10,15H,1-7H2,(H3,12,13,14). The van der Waals surface area contributed by atoms with Gasteiger partial charge < -0.3 is 16.2 Å². The van der Waals surface area contributed by atoms with Gasteiger partial charge in [-0.25, -0.2) is 0 Å². The van der Waals surface area contributed by atoms with Crippen molar-refractivity contribution in [2.45, 2.75) is 50.7 Å². The van der Waals surface area contributed by atoms with Crippen molar-refractivity contribution >= 4 is 5.96 Å². The molecule has 2 aliphatic carbocycles. The minimum atomic E-state index is -0.0887. The van der Waals surface area contributed by atoms with Crippen LogP contribution in [0.1, 0.15) is 38.5 Å². The van der Waals surface area contributed by atoms with Crippen LogP contribution in [0.5, 0.6) is 0 Å². The van der Waals surface area contributed by atoms with E-state index in [1.54, 1.807) is 0 Å². The number of aliphatic hydroxyl groups excluding tert-OH is 1. The van der Waals surface area contributed by atoms with Crippen LogP contribution in [0.25, 0.3) is 0 Å². The fraction of sp³-hybridized carbons (Fsp3) is 0.909. The van der Waals surface area contributed by atoms with Crippen LogP contribution in [0.2, 0.25) is 0 Å². The summed E-state index contributed by atoms with van der Waals surface area (Å²) < 4.78 is 0. The van der Waals surface area contributed by atoms with Gasteiger partial charge in [0, 0.05) is 12.6 Å². The molecular weight excluding hydrogens is 190 g/mol. The molecule has 2 aliphatic rings. The third-order valence-electron chi connectivity index (χ3n) is 3.44. The Hall–Kier alpha value is -0.770. The fourth-order valence-corrected chi connectivity index (χ4v) is 2.40. The van der Waals surface area contributed by atoms with Gasteiger partial charge in [-0.1, -0.05) is 12.8 Å². The van der Waals surface area contributed by atoms with E-state index in [2.05, 4.69) is 10.3 Å². The van der Waals surface area contributed by atoms with Crippen molar-refractivity contribution in [1.29, 1.82) is 0 Å². The maximum absolute atomic E-state index is 9.12. The van der Waals surface area contributed by atoms with Gasteiger partial charge in [-0.3, -0.25) is 4.99 Å². The first kappa shape index (κ1) is 10.7. The van der Waals surface area contributed by atoms with Crippen LogP contribution in [0.3, 0.4) is 0 Å². The van der Waals surface area contributed by atoms with Gasteiger partial charge in [0.1, 0.15) is 0 Å². The molecule has 0 amide bonds. The molecule has 2 rings (SSSR count). The molecule has 0 unspecified atom stereocenters. The Kier molecular flexibility index (Phi) is 3.46. The van der Waals surface area contributed by atoms with E-state index in [4.69, 9.17) is 10.8 Å². The monoisotopic (exact) mass is 211 g/mol. The van der Waals surface area contributed by atoms with Gasteiger partial charge in [0.15, 0.2) is 5.96 Å². The lowest BCUT2D eigenvalue weighted by Gasteiger charge is -2.30. The van der Waals surface area contributed by atoms with Crippen molar-refractivity contribution < 1.29 is 5.11 Å². The molecule has 0 aliphatic heterocycles. The number of aliphatic imine (C=N–C) groups is 1. The molecule has 4 N–H and O–H groups in total. The van der Waals surface area contributed by atoms with E-state index in [0.29, 0.717) is 17.9 Å². The van der Waals surface area contributed by atoms with Gasteiger partial charge >= 0.3 is 0 Å². The average Bonchev–Trinajstić information content (AvgIpc) is 2.63. The van der Waals surface area contributed by atoms with Gasteiger partial charge in [-0.15, -0.1) is 0 Å². The molecular formula is C11H21N3O. The molecule has 0 radical (unpaired) electrons. The molecule has 0 atom stereocenters. The summed E-state index contributed by atoms with van der Waals surface area (Å²) in [4.78, 5) is 4.32. The van der Waals surface area contributed by atoms with E-state index in [1.807, 2.05) is 0 Å². The summed E-state index contributed by atoms with van der Waals surface area (Å²) in [6.45, 7) is 0.766. The highest BCUT2D eigenvalue weighted by Crippen LogP contribution is 2.27. The van der Waals surface area contributed by atoms with E-state index >= 15 is 0 Å². The first-order valence-corrected chi connectivity index (χ1v) is 5.98. The van der Waals surface area contributed by atoms with Crippen LogP contribution in [0.4, 0.5) is 0 Å². The zero-order valence-corrected chi connectivity index (χ0v) is 9.15. The number of nitrogens with zero attached hydrogens (tertiary/aromatic N) is 1. The van der Waals surface area contributed by atoms with Gasteiger partial charge in [-0.2, -0.15) is 0 Å². The number of aliphatic hydroxyl groups is 1. The van der Waals surface area contributed by atoms with Crippen LogP contribution >= 0.6 is 0 Å². The summed E-state index contributed by atoms with van der Waals surface area (Å²) in [5.74, 6) is 1.13. The first-order chi connectivity index (χ1) is 7.24. The second kappa shape index (κ2) is 4.84. The smallest absolute Gasteiger partial charge is 0.188 e. The van der Waals surface area contributed by atoms with Crippen LogP contribution in [0, 0.1) is 5.92 Å². The van der Waals surface area contributed by atoms with Gasteiger partial charge in [0.05, 0.1) is 6.10 Å². The zero-order valence-electron chi connectivity index (χ0n) is 9.15. The zero-order chi connectivity index (χ0) is 10.7. The molecule has 15 heavy (non-hydrogen) atoms. The van der Waals surface area contributed by atoms with Crippen molar-refractivity contribution in [2.24, 2.45) is 16.6 Å². The fourth-order valence-electron chi connectivity index (χ4n) is 2.40. The van der Waals surface area contributed by atoms with Crippen molar-refractivity contribution in [3.8, 4) is 0 Å². The number of hydrogen-bond donors (Lipinski definition) is 3. The molecule has 2 fully saturated rings. The Morgan fingerprint density at radius 1 is 1.33 bits per heavy atom. The number of nitrogens with one attached hydrogen (secondary N) is 1. The molecule has 0 heterocycles. The molecule has 0 aromatic rings. The predicted molar refractivity (Wildman–Crippen MR) is 60.6 cm³/mol. The van der Waals surface area contributed by atoms with E-state index in [-0.39, 0.29) is 6.10 Å². The SMILES string of the molecule is NC(=NCC1CC(O)C1)NC1CCCC1. The van der Waals surface area contributed by atoms with Crippen molar-refractivity contribution in [3.63, 3.8) is 0 Å². The Morgan fingerprint density at radius 3 is 2.60 bits per heavy atom. The van der Waals surface area contributed by atoms with Crippen LogP contribution in [0.15, 0.2) is 4.99 Å². The number of rotatable bonds is 3. The second-order valence-electron chi connectivity index (χ2n) is 4.84. The van der Waals surface area contributed by atoms with E-state index in [1.165, 1.54) is 25.7 Å². The molecule has 0 spiro atoms. The average molecular weight is 211 g/mol. The third-order valence-corrected chi connectivity index (χ3v) is 3.44. The summed E-state index contributed by atoms with van der Waals surface area (Å²) in [6, 6.07) is 0.542. The normalized spacial score (nSPS) is 32.7. The van der Waals surface area contributed by atoms with Gasteiger partial charge in [0.2, 0.25) is 0 Å². The number of hydrogen-bond acceptors (Lipinski definition) is 2. The summed E-state index contributed by atoms with van der Waals surface area (Å²) in [7, 11) is 0.